The zero-order chi connectivity index (χ0) is 55.8. The van der Waals surface area contributed by atoms with Gasteiger partial charge in [0.25, 0.3) is 0 Å². The molecule has 6 nitrogen and oxygen atoms in total. The van der Waals surface area contributed by atoms with Crippen LogP contribution in [0.25, 0.3) is 94.1 Å². The molecule has 4 heterocycles. The van der Waals surface area contributed by atoms with Crippen LogP contribution >= 0.6 is 0 Å². The molecule has 0 saturated heterocycles. The predicted octanol–water partition coefficient (Wildman–Crippen LogP) is 21.1. The number of anilines is 4. The zero-order valence-electron chi connectivity index (χ0n) is 47.5. The summed E-state index contributed by atoms with van der Waals surface area (Å²) in [7, 11) is 0. The smallest absolute Gasteiger partial charge is 0.136 e. The Balaban J connectivity index is 0.00000645. The van der Waals surface area contributed by atoms with Crippen molar-refractivity contribution in [1.82, 2.24) is 9.55 Å². The van der Waals surface area contributed by atoms with Crippen molar-refractivity contribution in [2.45, 2.75) is 65.7 Å². The minimum atomic E-state index is -0.0474. The van der Waals surface area contributed by atoms with E-state index >= 15 is 0 Å². The van der Waals surface area contributed by atoms with Crippen molar-refractivity contribution in [3.63, 3.8) is 0 Å². The van der Waals surface area contributed by atoms with Gasteiger partial charge in [-0.05, 0) is 109 Å². The number of benzene rings is 10. The predicted molar refractivity (Wildman–Crippen MR) is 340 cm³/mol. The average molecular weight is 1260 g/mol. The average Bonchev–Trinajstić information content (AvgIpc) is 4.13. The minimum absolute atomic E-state index is 0. The van der Waals surface area contributed by atoms with Crippen molar-refractivity contribution in [3.05, 3.63) is 260 Å². The van der Waals surface area contributed by atoms with Crippen LogP contribution < -0.4 is 14.5 Å². The van der Waals surface area contributed by atoms with Crippen molar-refractivity contribution in [2.24, 2.45) is 0 Å². The Labute approximate surface area is 500 Å². The maximum absolute atomic E-state index is 7.18. The van der Waals surface area contributed by atoms with Gasteiger partial charge < -0.3 is 23.5 Å². The Hall–Kier alpha value is -8.96. The van der Waals surface area contributed by atoms with Crippen LogP contribution in [0.5, 0.6) is 11.5 Å². The summed E-state index contributed by atoms with van der Waals surface area (Å²) in [6, 6.07) is 85.6. The number of furan rings is 1. The molecule has 3 aromatic heterocycles. The van der Waals surface area contributed by atoms with E-state index in [1.807, 2.05) is 30.5 Å². The molecule has 14 rings (SSSR count). The van der Waals surface area contributed by atoms with Gasteiger partial charge in [-0.2, -0.15) is 6.07 Å². The van der Waals surface area contributed by atoms with E-state index in [-0.39, 0.29) is 38.3 Å². The Morgan fingerprint density at radius 2 is 1.18 bits per heavy atom. The van der Waals surface area contributed by atoms with E-state index < -0.39 is 0 Å². The number of hydrogen-bond acceptors (Lipinski definition) is 5. The summed E-state index contributed by atoms with van der Waals surface area (Å²) in [6.07, 6.45) is 1.83. The summed E-state index contributed by atoms with van der Waals surface area (Å²) in [6.45, 7) is 18.2. The molecule has 1 aliphatic heterocycles. The van der Waals surface area contributed by atoms with Gasteiger partial charge >= 0.3 is 0 Å². The van der Waals surface area contributed by atoms with E-state index in [2.05, 4.69) is 276 Å². The third kappa shape index (κ3) is 9.49. The molecule has 7 heteroatoms. The Morgan fingerprint density at radius 1 is 0.530 bits per heavy atom. The van der Waals surface area contributed by atoms with Gasteiger partial charge in [0.1, 0.15) is 17.0 Å². The van der Waals surface area contributed by atoms with Gasteiger partial charge in [0, 0.05) is 67.0 Å². The molecule has 0 atom stereocenters. The summed E-state index contributed by atoms with van der Waals surface area (Å²) in [5.41, 5.74) is 20.2. The molecular weight excluding hydrogens is 1200 g/mol. The fraction of sp³-hybridized carbons (Fsp3) is 0.132. The number of hydrogen-bond donors (Lipinski definition) is 0. The van der Waals surface area contributed by atoms with E-state index in [0.29, 0.717) is 11.5 Å². The fourth-order valence-corrected chi connectivity index (χ4v) is 12.2. The summed E-state index contributed by atoms with van der Waals surface area (Å²) < 4.78 is 16.1. The Morgan fingerprint density at radius 3 is 1.92 bits per heavy atom. The first-order valence-corrected chi connectivity index (χ1v) is 28.5. The quantitative estimate of drug-likeness (QED) is 0.121. The third-order valence-electron chi connectivity index (χ3n) is 16.2. The van der Waals surface area contributed by atoms with Crippen LogP contribution in [-0.4, -0.2) is 9.55 Å². The minimum Gasteiger partial charge on any atom is -0.509 e. The Bertz CT molecular complexity index is 4560. The molecule has 10 aromatic carbocycles. The van der Waals surface area contributed by atoms with Gasteiger partial charge in [-0.25, -0.2) is 4.98 Å². The van der Waals surface area contributed by atoms with Crippen LogP contribution in [0.15, 0.2) is 229 Å². The van der Waals surface area contributed by atoms with Crippen molar-refractivity contribution in [2.75, 3.05) is 9.80 Å². The van der Waals surface area contributed by atoms with E-state index in [1.165, 1.54) is 27.8 Å². The van der Waals surface area contributed by atoms with Crippen molar-refractivity contribution >= 4 is 66.5 Å². The normalized spacial score (nSPS) is 12.5. The van der Waals surface area contributed by atoms with Gasteiger partial charge in [0.15, 0.2) is 0 Å². The van der Waals surface area contributed by atoms with E-state index in [1.54, 1.807) is 0 Å². The molecule has 410 valence electrons. The van der Waals surface area contributed by atoms with Crippen LogP contribution in [0.3, 0.4) is 0 Å². The van der Waals surface area contributed by atoms with Crippen LogP contribution in [0, 0.1) is 18.8 Å². The van der Waals surface area contributed by atoms with Crippen LogP contribution in [0.1, 0.15) is 77.0 Å². The first-order valence-electron chi connectivity index (χ1n) is 28.5. The summed E-state index contributed by atoms with van der Waals surface area (Å²) in [5, 5.41) is 4.20. The molecule has 0 saturated carbocycles. The summed E-state index contributed by atoms with van der Waals surface area (Å²) in [4.78, 5) is 9.58. The van der Waals surface area contributed by atoms with Gasteiger partial charge in [0.05, 0.1) is 10.9 Å². The Kier molecular flexibility index (Phi) is 13.8. The molecule has 0 radical (unpaired) electrons. The van der Waals surface area contributed by atoms with Crippen molar-refractivity contribution < 1.29 is 30.2 Å². The summed E-state index contributed by atoms with van der Waals surface area (Å²) >= 11 is 0. The first-order chi connectivity index (χ1) is 39.9. The second-order valence-corrected chi connectivity index (χ2v) is 23.2. The van der Waals surface area contributed by atoms with Crippen molar-refractivity contribution in [3.8, 4) is 61.8 Å². The van der Waals surface area contributed by atoms with Crippen LogP contribution in [0.4, 0.5) is 22.7 Å². The number of para-hydroxylation sites is 3. The van der Waals surface area contributed by atoms with E-state index in [4.69, 9.17) is 14.1 Å². The number of ether oxygens (including phenoxy) is 1. The molecule has 0 amide bonds. The molecule has 0 bridgehead atoms. The van der Waals surface area contributed by atoms with E-state index in [9.17, 15) is 0 Å². The third-order valence-corrected chi connectivity index (χ3v) is 16.2. The molecule has 1 aliphatic rings. The van der Waals surface area contributed by atoms with Crippen LogP contribution in [-0.2, 0) is 26.5 Å². The molecule has 0 fully saturated rings. The molecule has 0 spiro atoms. The standard InChI is InChI=1S/C76H61N4O2.Pt/c1-48(2)60-29-19-30-61(49(3)4)71(60)55-43-57(45-59(44-55)81-58-37-38-65-68(46-58)80(70-35-15-16-40-77-70)74-72-62-28-12-11-23-51(62)36-39-69(72)82-75(65)74)78-47-79(67-34-14-13-33-66(67)78)73-63(53-25-17-24-52(41-53)50-21-9-8-10-22-50)31-20-32-64(73)54-26-18-27-56(42-54)76(5,6)7;/h8-44,47-49H,1-7H3;/q-3;. The van der Waals surface area contributed by atoms with Crippen LogP contribution in [0.2, 0.25) is 0 Å². The monoisotopic (exact) mass is 1260 g/mol. The first kappa shape index (κ1) is 53.4. The molecule has 83 heavy (non-hydrogen) atoms. The second kappa shape index (κ2) is 21.4. The maximum atomic E-state index is 7.18. The topological polar surface area (TPSA) is 46.7 Å². The summed E-state index contributed by atoms with van der Waals surface area (Å²) in [5.74, 6) is 2.38. The van der Waals surface area contributed by atoms with E-state index in [0.717, 1.165) is 106 Å². The SMILES string of the molecule is CC(C)c1cccc(C(C)C)c1-c1cc(Oc2[c-]c3c(cc2)c2oc4ccc5ccccc5c4c2n3-c2ccccn2)[c-]c(N2[CH-]N(c3c(-c4cccc(-c5ccccc5)c4)cccc3-c3cccc(C(C)(C)C)c3)c3ccccc32)c1.[Pt]. The number of rotatable bonds is 11. The molecule has 0 aliphatic carbocycles. The van der Waals surface area contributed by atoms with Gasteiger partial charge in [-0.15, -0.1) is 48.3 Å². The molecule has 0 N–H and O–H groups in total. The maximum Gasteiger partial charge on any atom is 0.136 e. The van der Waals surface area contributed by atoms with Gasteiger partial charge in [0.2, 0.25) is 0 Å². The van der Waals surface area contributed by atoms with Gasteiger partial charge in [-0.3, -0.25) is 0 Å². The largest absolute Gasteiger partial charge is 0.509 e. The molecule has 13 aromatic rings. The molecule has 0 unspecified atom stereocenters. The second-order valence-electron chi connectivity index (χ2n) is 23.2. The number of pyridine rings is 1. The van der Waals surface area contributed by atoms with Crippen molar-refractivity contribution in [1.29, 1.82) is 0 Å². The molecular formula is C76H61N4O2Pt-3. The zero-order valence-corrected chi connectivity index (χ0v) is 49.8. The fourth-order valence-electron chi connectivity index (χ4n) is 12.2. The van der Waals surface area contributed by atoms with Gasteiger partial charge in [-0.1, -0.05) is 217 Å². The number of fused-ring (bicyclic) bond motifs is 8. The number of aromatic nitrogens is 2. The number of nitrogens with zero attached hydrogens (tertiary/aromatic N) is 4.